The monoisotopic (exact) mass is 154 g/mol. The highest BCUT2D eigenvalue weighted by atomic mass is 16.5. The van der Waals surface area contributed by atoms with E-state index in [4.69, 9.17) is 4.74 Å². The van der Waals surface area contributed by atoms with Crippen LogP contribution in [0.4, 0.5) is 0 Å². The van der Waals surface area contributed by atoms with Crippen molar-refractivity contribution in [2.45, 2.75) is 20.3 Å². The highest BCUT2D eigenvalue weighted by Crippen LogP contribution is 1.84. The van der Waals surface area contributed by atoms with E-state index in [9.17, 15) is 4.79 Å². The highest BCUT2D eigenvalue weighted by Gasteiger charge is 1.90. The first kappa shape index (κ1) is 9.95. The molecule has 0 heterocycles. The van der Waals surface area contributed by atoms with E-state index in [-0.39, 0.29) is 5.97 Å². The van der Waals surface area contributed by atoms with Gasteiger partial charge in [0.1, 0.15) is 6.61 Å². The van der Waals surface area contributed by atoms with Gasteiger partial charge in [-0.3, -0.25) is 0 Å². The molecular weight excluding hydrogens is 140 g/mol. The summed E-state index contributed by atoms with van der Waals surface area (Å²) in [5, 5.41) is 0. The number of rotatable bonds is 4. The van der Waals surface area contributed by atoms with Crippen LogP contribution in [-0.4, -0.2) is 12.6 Å². The molecule has 2 nitrogen and oxygen atoms in total. The van der Waals surface area contributed by atoms with Crippen LogP contribution in [0.2, 0.25) is 0 Å². The van der Waals surface area contributed by atoms with Crippen LogP contribution in [0.1, 0.15) is 20.3 Å². The highest BCUT2D eigenvalue weighted by molar-refractivity contribution is 5.81. The van der Waals surface area contributed by atoms with Gasteiger partial charge in [-0.05, 0) is 13.3 Å². The summed E-state index contributed by atoms with van der Waals surface area (Å²) in [5.41, 5.74) is 0. The van der Waals surface area contributed by atoms with Gasteiger partial charge in [0.25, 0.3) is 0 Å². The third-order valence-corrected chi connectivity index (χ3v) is 1.03. The van der Waals surface area contributed by atoms with Gasteiger partial charge in [0.05, 0.1) is 0 Å². The summed E-state index contributed by atoms with van der Waals surface area (Å²) in [6, 6.07) is 0. The zero-order valence-corrected chi connectivity index (χ0v) is 7.04. The normalized spacial score (nSPS) is 11.1. The van der Waals surface area contributed by atoms with Gasteiger partial charge in [0.2, 0.25) is 0 Å². The van der Waals surface area contributed by atoms with Gasteiger partial charge >= 0.3 is 5.97 Å². The second-order valence-electron chi connectivity index (χ2n) is 2.01. The Labute approximate surface area is 67.6 Å². The molecule has 11 heavy (non-hydrogen) atoms. The Bertz CT molecular complexity index is 157. The van der Waals surface area contributed by atoms with Crippen molar-refractivity contribution in [2.24, 2.45) is 0 Å². The fourth-order valence-corrected chi connectivity index (χ4v) is 0.549. The molecule has 0 rings (SSSR count). The Morgan fingerprint density at radius 1 is 1.45 bits per heavy atom. The van der Waals surface area contributed by atoms with Crippen LogP contribution in [0.15, 0.2) is 24.3 Å². The van der Waals surface area contributed by atoms with Gasteiger partial charge in [0, 0.05) is 6.08 Å². The molecular formula is C9H14O2. The topological polar surface area (TPSA) is 26.3 Å². The fourth-order valence-electron chi connectivity index (χ4n) is 0.549. The summed E-state index contributed by atoms with van der Waals surface area (Å²) in [5.74, 6) is -0.284. The number of hydrogen-bond acceptors (Lipinski definition) is 2. The molecule has 62 valence electrons. The average molecular weight is 154 g/mol. The molecule has 0 saturated carbocycles. The number of carbonyl (C=O) groups excluding carboxylic acids is 1. The van der Waals surface area contributed by atoms with E-state index < -0.39 is 0 Å². The second kappa shape index (κ2) is 7.06. The molecule has 0 unspecified atom stereocenters. The fraction of sp³-hybridized carbons (Fsp3) is 0.444. The molecule has 0 aromatic carbocycles. The van der Waals surface area contributed by atoms with E-state index in [1.54, 1.807) is 13.0 Å². The number of allylic oxidation sites excluding steroid dienone is 2. The molecule has 0 spiro atoms. The largest absolute Gasteiger partial charge is 0.458 e. The predicted octanol–water partition coefficient (Wildman–Crippen LogP) is 2.07. The third-order valence-electron chi connectivity index (χ3n) is 1.03. The van der Waals surface area contributed by atoms with E-state index in [0.717, 1.165) is 6.42 Å². The van der Waals surface area contributed by atoms with E-state index in [1.807, 2.05) is 19.1 Å². The summed E-state index contributed by atoms with van der Waals surface area (Å²) in [4.78, 5) is 10.7. The molecule has 0 aliphatic heterocycles. The minimum absolute atomic E-state index is 0.284. The molecule has 0 aliphatic carbocycles. The molecule has 0 amide bonds. The van der Waals surface area contributed by atoms with Gasteiger partial charge in [-0.25, -0.2) is 4.79 Å². The Balaban J connectivity index is 3.39. The number of hydrogen-bond donors (Lipinski definition) is 0. The first-order valence-corrected chi connectivity index (χ1v) is 3.75. The van der Waals surface area contributed by atoms with Crippen LogP contribution in [-0.2, 0) is 9.53 Å². The minimum atomic E-state index is -0.284. The molecule has 0 aliphatic rings. The molecule has 0 aromatic rings. The molecule has 0 atom stereocenters. The summed E-state index contributed by atoms with van der Waals surface area (Å²) in [7, 11) is 0. The Hall–Kier alpha value is -1.05. The van der Waals surface area contributed by atoms with Crippen LogP contribution in [0, 0.1) is 0 Å². The summed E-state index contributed by atoms with van der Waals surface area (Å²) in [6.45, 7) is 4.18. The van der Waals surface area contributed by atoms with Gasteiger partial charge in [-0.1, -0.05) is 25.2 Å². The van der Waals surface area contributed by atoms with Crippen LogP contribution in [0.25, 0.3) is 0 Å². The summed E-state index contributed by atoms with van der Waals surface area (Å²) in [6.07, 6.45) is 7.83. The van der Waals surface area contributed by atoms with Crippen molar-refractivity contribution in [1.29, 1.82) is 0 Å². The zero-order valence-electron chi connectivity index (χ0n) is 7.04. The van der Waals surface area contributed by atoms with Crippen LogP contribution >= 0.6 is 0 Å². The van der Waals surface area contributed by atoms with Gasteiger partial charge in [0.15, 0.2) is 0 Å². The van der Waals surface area contributed by atoms with Crippen molar-refractivity contribution >= 4 is 5.97 Å². The molecule has 0 fully saturated rings. The Morgan fingerprint density at radius 3 is 2.73 bits per heavy atom. The number of esters is 1. The second-order valence-corrected chi connectivity index (χ2v) is 2.01. The maximum absolute atomic E-state index is 10.7. The van der Waals surface area contributed by atoms with E-state index in [1.165, 1.54) is 6.08 Å². The molecule has 0 bridgehead atoms. The Morgan fingerprint density at radius 2 is 2.18 bits per heavy atom. The molecule has 0 N–H and O–H groups in total. The lowest BCUT2D eigenvalue weighted by atomic mass is 10.4. The maximum atomic E-state index is 10.7. The average Bonchev–Trinajstić information content (AvgIpc) is 1.99. The quantitative estimate of drug-likeness (QED) is 0.352. The summed E-state index contributed by atoms with van der Waals surface area (Å²) < 4.78 is 4.77. The van der Waals surface area contributed by atoms with Crippen molar-refractivity contribution in [3.8, 4) is 0 Å². The lowest BCUT2D eigenvalue weighted by molar-refractivity contribution is -0.136. The van der Waals surface area contributed by atoms with Crippen molar-refractivity contribution in [1.82, 2.24) is 0 Å². The van der Waals surface area contributed by atoms with E-state index in [0.29, 0.717) is 6.61 Å². The van der Waals surface area contributed by atoms with Crippen molar-refractivity contribution in [2.75, 3.05) is 6.61 Å². The van der Waals surface area contributed by atoms with Gasteiger partial charge in [-0.2, -0.15) is 0 Å². The molecule has 2 heteroatoms. The zero-order chi connectivity index (χ0) is 8.53. The number of carbonyl (C=O) groups is 1. The maximum Gasteiger partial charge on any atom is 0.330 e. The first-order valence-electron chi connectivity index (χ1n) is 3.75. The standard InChI is InChI=1S/C9H14O2/c1-3-5-6-8-11-9(10)7-4-2/h4-7H,3,8H2,1-2H3/b6-5?,7-4+. The van der Waals surface area contributed by atoms with Crippen molar-refractivity contribution in [3.63, 3.8) is 0 Å². The minimum Gasteiger partial charge on any atom is -0.458 e. The van der Waals surface area contributed by atoms with Crippen LogP contribution in [0.3, 0.4) is 0 Å². The first-order chi connectivity index (χ1) is 5.31. The Kier molecular flexibility index (Phi) is 6.39. The van der Waals surface area contributed by atoms with Crippen molar-refractivity contribution in [3.05, 3.63) is 24.3 Å². The van der Waals surface area contributed by atoms with E-state index in [2.05, 4.69) is 0 Å². The lowest BCUT2D eigenvalue weighted by Gasteiger charge is -1.94. The smallest absolute Gasteiger partial charge is 0.330 e. The molecule has 0 saturated heterocycles. The van der Waals surface area contributed by atoms with Crippen molar-refractivity contribution < 1.29 is 9.53 Å². The SMILES string of the molecule is C/C=C/C(=O)OCC=CCC. The molecule has 0 radical (unpaired) electrons. The number of ether oxygens (including phenoxy) is 1. The van der Waals surface area contributed by atoms with Gasteiger partial charge < -0.3 is 4.74 Å². The third kappa shape index (κ3) is 6.84. The molecule has 0 aromatic heterocycles. The van der Waals surface area contributed by atoms with E-state index >= 15 is 0 Å². The summed E-state index contributed by atoms with van der Waals surface area (Å²) >= 11 is 0. The van der Waals surface area contributed by atoms with Crippen LogP contribution in [0.5, 0.6) is 0 Å². The van der Waals surface area contributed by atoms with Crippen LogP contribution < -0.4 is 0 Å². The predicted molar refractivity (Wildman–Crippen MR) is 45.2 cm³/mol. The van der Waals surface area contributed by atoms with Gasteiger partial charge in [-0.15, -0.1) is 0 Å². The lowest BCUT2D eigenvalue weighted by Crippen LogP contribution is -1.99.